The molecule has 1 heterocycles. The van der Waals surface area contributed by atoms with Crippen molar-refractivity contribution in [3.8, 4) is 0 Å². The number of aliphatic hydroxyl groups excluding tert-OH is 1. The molecule has 1 atom stereocenters. The molecule has 0 aliphatic carbocycles. The van der Waals surface area contributed by atoms with E-state index in [0.29, 0.717) is 6.61 Å². The van der Waals surface area contributed by atoms with Gasteiger partial charge in [0.05, 0.1) is 18.6 Å². The van der Waals surface area contributed by atoms with Gasteiger partial charge in [0.1, 0.15) is 0 Å². The minimum absolute atomic E-state index is 0.0743. The lowest BCUT2D eigenvalue weighted by atomic mass is 9.90. The lowest BCUT2D eigenvalue weighted by molar-refractivity contribution is -0.153. The third-order valence-corrected chi connectivity index (χ3v) is 3.93. The first kappa shape index (κ1) is 15.0. The number of nitrogens with zero attached hydrogens (tertiary/aromatic N) is 1. The van der Waals surface area contributed by atoms with E-state index in [1.165, 1.54) is 5.56 Å². The van der Waals surface area contributed by atoms with Crippen LogP contribution >= 0.6 is 0 Å². The number of ether oxygens (including phenoxy) is 1. The summed E-state index contributed by atoms with van der Waals surface area (Å²) < 4.78 is 5.16. The van der Waals surface area contributed by atoms with Crippen molar-refractivity contribution in [2.75, 3.05) is 19.7 Å². The molecule has 0 spiro atoms. The molecule has 0 amide bonds. The summed E-state index contributed by atoms with van der Waals surface area (Å²) in [6.45, 7) is 6.84. The third-order valence-electron chi connectivity index (χ3n) is 3.93. The van der Waals surface area contributed by atoms with Gasteiger partial charge in [0, 0.05) is 13.1 Å². The van der Waals surface area contributed by atoms with Crippen LogP contribution in [0.3, 0.4) is 0 Å². The van der Waals surface area contributed by atoms with Crippen molar-refractivity contribution in [2.45, 2.75) is 33.4 Å². The molecule has 0 radical (unpaired) electrons. The highest BCUT2D eigenvalue weighted by Crippen LogP contribution is 2.32. The summed E-state index contributed by atoms with van der Waals surface area (Å²) in [5.74, 6) is -0.0851. The van der Waals surface area contributed by atoms with Crippen LogP contribution < -0.4 is 0 Å². The standard InChI is InChI=1S/C16H23NO3/c1-3-20-15(19)16(2)8-9-17(12-16)10-13-4-6-14(11-18)7-5-13/h4-7,18H,3,8-12H2,1-2H3. The Kier molecular flexibility index (Phi) is 4.78. The number of carbonyl (C=O) groups excluding carboxylic acids is 1. The van der Waals surface area contributed by atoms with Gasteiger partial charge in [-0.25, -0.2) is 0 Å². The highest BCUT2D eigenvalue weighted by molar-refractivity contribution is 5.77. The molecular formula is C16H23NO3. The molecule has 2 rings (SSSR count). The second-order valence-electron chi connectivity index (χ2n) is 5.72. The first-order valence-corrected chi connectivity index (χ1v) is 7.15. The molecule has 20 heavy (non-hydrogen) atoms. The Bertz CT molecular complexity index is 457. The van der Waals surface area contributed by atoms with Crippen LogP contribution in [-0.2, 0) is 22.7 Å². The maximum atomic E-state index is 12.0. The van der Waals surface area contributed by atoms with Gasteiger partial charge >= 0.3 is 5.97 Å². The Hall–Kier alpha value is -1.39. The monoisotopic (exact) mass is 277 g/mol. The quantitative estimate of drug-likeness (QED) is 0.836. The van der Waals surface area contributed by atoms with Crippen molar-refractivity contribution >= 4 is 5.97 Å². The molecule has 110 valence electrons. The molecule has 0 bridgehead atoms. The molecule has 1 saturated heterocycles. The van der Waals surface area contributed by atoms with Crippen LogP contribution in [0, 0.1) is 5.41 Å². The van der Waals surface area contributed by atoms with E-state index in [1.807, 2.05) is 38.1 Å². The predicted octanol–water partition coefficient (Wildman–Crippen LogP) is 1.95. The maximum Gasteiger partial charge on any atom is 0.313 e. The Morgan fingerprint density at radius 1 is 1.35 bits per heavy atom. The van der Waals surface area contributed by atoms with Crippen LogP contribution in [0.2, 0.25) is 0 Å². The van der Waals surface area contributed by atoms with Gasteiger partial charge < -0.3 is 9.84 Å². The number of carbonyl (C=O) groups is 1. The zero-order chi connectivity index (χ0) is 14.6. The SMILES string of the molecule is CCOC(=O)C1(C)CCN(Cc2ccc(CO)cc2)C1. The fourth-order valence-corrected chi connectivity index (χ4v) is 2.67. The summed E-state index contributed by atoms with van der Waals surface area (Å²) in [6, 6.07) is 7.95. The highest BCUT2D eigenvalue weighted by Gasteiger charge is 2.41. The maximum absolute atomic E-state index is 12.0. The number of hydrogen-bond donors (Lipinski definition) is 1. The van der Waals surface area contributed by atoms with Crippen LogP contribution in [0.25, 0.3) is 0 Å². The van der Waals surface area contributed by atoms with Gasteiger partial charge in [-0.15, -0.1) is 0 Å². The van der Waals surface area contributed by atoms with Gasteiger partial charge in [0.2, 0.25) is 0 Å². The highest BCUT2D eigenvalue weighted by atomic mass is 16.5. The van der Waals surface area contributed by atoms with Gasteiger partial charge in [-0.1, -0.05) is 24.3 Å². The fraction of sp³-hybridized carbons (Fsp3) is 0.562. The zero-order valence-corrected chi connectivity index (χ0v) is 12.3. The van der Waals surface area contributed by atoms with E-state index in [1.54, 1.807) is 0 Å². The summed E-state index contributed by atoms with van der Waals surface area (Å²) in [5.41, 5.74) is 1.75. The number of hydrogen-bond acceptors (Lipinski definition) is 4. The van der Waals surface area contributed by atoms with Crippen molar-refractivity contribution in [3.63, 3.8) is 0 Å². The van der Waals surface area contributed by atoms with E-state index in [2.05, 4.69) is 4.90 Å². The van der Waals surface area contributed by atoms with Gasteiger partial charge in [0.25, 0.3) is 0 Å². The van der Waals surface area contributed by atoms with E-state index in [0.717, 1.165) is 31.6 Å². The summed E-state index contributed by atoms with van der Waals surface area (Å²) in [5, 5.41) is 9.03. The lowest BCUT2D eigenvalue weighted by Gasteiger charge is -2.22. The molecule has 1 aliphatic heterocycles. The first-order valence-electron chi connectivity index (χ1n) is 7.15. The van der Waals surface area contributed by atoms with E-state index in [-0.39, 0.29) is 18.0 Å². The van der Waals surface area contributed by atoms with Crippen molar-refractivity contribution < 1.29 is 14.6 Å². The molecule has 1 unspecified atom stereocenters. The predicted molar refractivity (Wildman–Crippen MR) is 77.0 cm³/mol. The van der Waals surface area contributed by atoms with Gasteiger partial charge in [-0.05, 0) is 37.9 Å². The number of benzene rings is 1. The number of esters is 1. The lowest BCUT2D eigenvalue weighted by Crippen LogP contribution is -2.33. The van der Waals surface area contributed by atoms with Crippen LogP contribution in [0.15, 0.2) is 24.3 Å². The van der Waals surface area contributed by atoms with Crippen LogP contribution in [0.5, 0.6) is 0 Å². The number of aliphatic hydroxyl groups is 1. The third kappa shape index (κ3) is 3.38. The van der Waals surface area contributed by atoms with E-state index < -0.39 is 0 Å². The second-order valence-corrected chi connectivity index (χ2v) is 5.72. The number of rotatable bonds is 5. The fourth-order valence-electron chi connectivity index (χ4n) is 2.67. The molecule has 1 fully saturated rings. The second kappa shape index (κ2) is 6.37. The van der Waals surface area contributed by atoms with Gasteiger partial charge in [-0.3, -0.25) is 9.69 Å². The first-order chi connectivity index (χ1) is 9.57. The van der Waals surface area contributed by atoms with E-state index in [4.69, 9.17) is 9.84 Å². The summed E-state index contributed by atoms with van der Waals surface area (Å²) in [6.07, 6.45) is 0.848. The molecule has 0 saturated carbocycles. The summed E-state index contributed by atoms with van der Waals surface area (Å²) in [4.78, 5) is 14.3. The molecule has 4 heteroatoms. The minimum atomic E-state index is -0.374. The summed E-state index contributed by atoms with van der Waals surface area (Å²) >= 11 is 0. The normalized spacial score (nSPS) is 22.9. The molecular weight excluding hydrogens is 254 g/mol. The van der Waals surface area contributed by atoms with Crippen LogP contribution in [-0.4, -0.2) is 35.7 Å². The average molecular weight is 277 g/mol. The van der Waals surface area contributed by atoms with E-state index in [9.17, 15) is 4.79 Å². The van der Waals surface area contributed by atoms with Gasteiger partial charge in [-0.2, -0.15) is 0 Å². The molecule has 1 aromatic carbocycles. The van der Waals surface area contributed by atoms with Crippen LogP contribution in [0.4, 0.5) is 0 Å². The Balaban J connectivity index is 1.93. The minimum Gasteiger partial charge on any atom is -0.466 e. The molecule has 1 aliphatic rings. The Labute approximate surface area is 120 Å². The topological polar surface area (TPSA) is 49.8 Å². The number of likely N-dealkylation sites (tertiary alicyclic amines) is 1. The molecule has 1 N–H and O–H groups in total. The van der Waals surface area contributed by atoms with Crippen LogP contribution in [0.1, 0.15) is 31.4 Å². The van der Waals surface area contributed by atoms with Crippen molar-refractivity contribution in [1.82, 2.24) is 4.90 Å². The molecule has 4 nitrogen and oxygen atoms in total. The smallest absolute Gasteiger partial charge is 0.313 e. The Morgan fingerprint density at radius 2 is 2.00 bits per heavy atom. The van der Waals surface area contributed by atoms with Crippen molar-refractivity contribution in [3.05, 3.63) is 35.4 Å². The molecule has 1 aromatic rings. The Morgan fingerprint density at radius 3 is 2.60 bits per heavy atom. The van der Waals surface area contributed by atoms with E-state index >= 15 is 0 Å². The van der Waals surface area contributed by atoms with Crippen molar-refractivity contribution in [2.24, 2.45) is 5.41 Å². The molecule has 0 aromatic heterocycles. The largest absolute Gasteiger partial charge is 0.466 e. The average Bonchev–Trinajstić information content (AvgIpc) is 2.83. The summed E-state index contributed by atoms with van der Waals surface area (Å²) in [7, 11) is 0. The van der Waals surface area contributed by atoms with Crippen molar-refractivity contribution in [1.29, 1.82) is 0 Å². The zero-order valence-electron chi connectivity index (χ0n) is 12.3. The van der Waals surface area contributed by atoms with Gasteiger partial charge in [0.15, 0.2) is 0 Å².